The van der Waals surface area contributed by atoms with Gasteiger partial charge in [0.25, 0.3) is 0 Å². The number of unbranched alkanes of at least 4 members (excludes halogenated alkanes) is 2. The average Bonchev–Trinajstić information content (AvgIpc) is 2.73. The van der Waals surface area contributed by atoms with Gasteiger partial charge in [0.2, 0.25) is 0 Å². The number of carbonyl (C=O) groups excluding carboxylic acids is 2. The van der Waals surface area contributed by atoms with Crippen LogP contribution in [0, 0.1) is 0 Å². The smallest absolute Gasteiger partial charge is 0.411 e. The quantitative estimate of drug-likeness (QED) is 0.360. The van der Waals surface area contributed by atoms with Crippen molar-refractivity contribution in [1.82, 2.24) is 0 Å². The molecule has 6 nitrogen and oxygen atoms in total. The summed E-state index contributed by atoms with van der Waals surface area (Å²) in [6.07, 6.45) is 2.98. The van der Waals surface area contributed by atoms with E-state index in [0.717, 1.165) is 36.8 Å². The fourth-order valence-electron chi connectivity index (χ4n) is 2.70. The molecule has 0 unspecified atom stereocenters. The lowest BCUT2D eigenvalue weighted by Gasteiger charge is -2.12. The van der Waals surface area contributed by atoms with Crippen LogP contribution < -0.4 is 10.6 Å². The minimum Gasteiger partial charge on any atom is -0.449 e. The molecule has 0 saturated heterocycles. The third-order valence-corrected chi connectivity index (χ3v) is 5.06. The summed E-state index contributed by atoms with van der Waals surface area (Å²) in [5, 5.41) is 6.20. The summed E-state index contributed by atoms with van der Waals surface area (Å²) in [5.41, 5.74) is 2.80. The lowest BCUT2D eigenvalue weighted by Crippen LogP contribution is -2.15. The van der Waals surface area contributed by atoms with Crippen molar-refractivity contribution in [3.8, 4) is 0 Å². The lowest BCUT2D eigenvalue weighted by molar-refractivity contribution is 0.159. The number of carbonyl (C=O) groups is 2. The van der Waals surface area contributed by atoms with Crippen molar-refractivity contribution in [3.63, 3.8) is 0 Å². The average molecular weight is 467 g/mol. The van der Waals surface area contributed by atoms with E-state index < -0.39 is 12.2 Å². The molecule has 2 aromatic rings. The summed E-state index contributed by atoms with van der Waals surface area (Å²) < 4.78 is 10.3. The van der Waals surface area contributed by atoms with Gasteiger partial charge in [-0.1, -0.05) is 62.0 Å². The van der Waals surface area contributed by atoms with Crippen LogP contribution in [0.1, 0.15) is 50.7 Å². The number of ether oxygens (including phenoxy) is 2. The van der Waals surface area contributed by atoms with Crippen LogP contribution >= 0.6 is 23.2 Å². The van der Waals surface area contributed by atoms with Crippen LogP contribution in [0.15, 0.2) is 36.4 Å². The zero-order valence-electron chi connectivity index (χ0n) is 17.8. The van der Waals surface area contributed by atoms with Crippen LogP contribution in [0.3, 0.4) is 0 Å². The number of halogens is 2. The van der Waals surface area contributed by atoms with E-state index >= 15 is 0 Å². The highest BCUT2D eigenvalue weighted by Gasteiger charge is 2.11. The van der Waals surface area contributed by atoms with E-state index in [-0.39, 0.29) is 0 Å². The monoisotopic (exact) mass is 466 g/mol. The summed E-state index contributed by atoms with van der Waals surface area (Å²) >= 11 is 12.4. The van der Waals surface area contributed by atoms with Crippen molar-refractivity contribution >= 4 is 46.8 Å². The van der Waals surface area contributed by atoms with Crippen molar-refractivity contribution in [1.29, 1.82) is 0 Å². The Morgan fingerprint density at radius 1 is 0.774 bits per heavy atom. The number of anilines is 2. The van der Waals surface area contributed by atoms with Gasteiger partial charge in [-0.15, -0.1) is 0 Å². The Bertz CT molecular complexity index is 818. The van der Waals surface area contributed by atoms with Crippen LogP contribution in [0.5, 0.6) is 0 Å². The Balaban J connectivity index is 2.05. The number of hydrogen-bond donors (Lipinski definition) is 2. The van der Waals surface area contributed by atoms with Crippen LogP contribution in [0.4, 0.5) is 21.0 Å². The summed E-state index contributed by atoms with van der Waals surface area (Å²) in [5.74, 6) is 0. The second-order valence-corrected chi connectivity index (χ2v) is 7.85. The van der Waals surface area contributed by atoms with Crippen molar-refractivity contribution < 1.29 is 19.1 Å². The Morgan fingerprint density at radius 2 is 1.19 bits per heavy atom. The number of benzene rings is 2. The molecule has 0 aliphatic carbocycles. The molecule has 2 amide bonds. The predicted molar refractivity (Wildman–Crippen MR) is 125 cm³/mol. The van der Waals surface area contributed by atoms with Crippen molar-refractivity contribution in [2.45, 2.75) is 46.0 Å². The first-order valence-corrected chi connectivity index (χ1v) is 11.1. The molecule has 0 radical (unpaired) electrons. The van der Waals surface area contributed by atoms with Crippen LogP contribution in [0.2, 0.25) is 10.0 Å². The molecular formula is C23H28Cl2N2O4. The molecule has 0 bridgehead atoms. The minimum atomic E-state index is -0.535. The first-order chi connectivity index (χ1) is 14.9. The first kappa shape index (κ1) is 24.8. The number of nitrogens with one attached hydrogen (secondary N) is 2. The fraction of sp³-hybridized carbons (Fsp3) is 0.391. The van der Waals surface area contributed by atoms with E-state index in [1.165, 1.54) is 0 Å². The molecule has 168 valence electrons. The van der Waals surface area contributed by atoms with E-state index in [4.69, 9.17) is 32.7 Å². The topological polar surface area (TPSA) is 76.7 Å². The third-order valence-electron chi connectivity index (χ3n) is 4.41. The van der Waals surface area contributed by atoms with Gasteiger partial charge in [0.15, 0.2) is 0 Å². The molecule has 2 aromatic carbocycles. The van der Waals surface area contributed by atoms with Gasteiger partial charge < -0.3 is 9.47 Å². The summed E-state index contributed by atoms with van der Waals surface area (Å²) in [4.78, 5) is 23.9. The van der Waals surface area contributed by atoms with Crippen LogP contribution in [-0.2, 0) is 15.9 Å². The predicted octanol–water partition coefficient (Wildman–Crippen LogP) is 7.28. The molecule has 0 saturated carbocycles. The van der Waals surface area contributed by atoms with E-state index in [1.807, 2.05) is 26.0 Å². The van der Waals surface area contributed by atoms with Gasteiger partial charge >= 0.3 is 12.2 Å². The second kappa shape index (κ2) is 13.1. The molecule has 0 fully saturated rings. The number of rotatable bonds is 10. The molecule has 8 heteroatoms. The first-order valence-electron chi connectivity index (χ1n) is 10.4. The number of hydrogen-bond acceptors (Lipinski definition) is 4. The zero-order chi connectivity index (χ0) is 22.6. The third kappa shape index (κ3) is 8.67. The van der Waals surface area contributed by atoms with Gasteiger partial charge in [0.05, 0.1) is 34.6 Å². The minimum absolute atomic E-state index is 0.362. The van der Waals surface area contributed by atoms with Gasteiger partial charge in [0, 0.05) is 0 Å². The summed E-state index contributed by atoms with van der Waals surface area (Å²) in [6.45, 7) is 4.77. The SMILES string of the molecule is CCCCOC(=O)Nc1cc(Cc2ccc(Cl)c(NC(=O)OCCCC)c2)ccc1Cl. The maximum atomic E-state index is 11.9. The highest BCUT2D eigenvalue weighted by molar-refractivity contribution is 6.34. The van der Waals surface area contributed by atoms with E-state index in [2.05, 4.69) is 10.6 Å². The van der Waals surface area contributed by atoms with Crippen molar-refractivity contribution in [2.24, 2.45) is 0 Å². The highest BCUT2D eigenvalue weighted by atomic mass is 35.5. The zero-order valence-corrected chi connectivity index (χ0v) is 19.3. The largest absolute Gasteiger partial charge is 0.449 e. The van der Waals surface area contributed by atoms with E-state index in [1.54, 1.807) is 24.3 Å². The molecule has 0 aliphatic rings. The highest BCUT2D eigenvalue weighted by Crippen LogP contribution is 2.27. The van der Waals surface area contributed by atoms with Crippen molar-refractivity contribution in [3.05, 3.63) is 57.6 Å². The van der Waals surface area contributed by atoms with Gasteiger partial charge in [-0.05, 0) is 54.7 Å². The fourth-order valence-corrected chi connectivity index (χ4v) is 3.03. The van der Waals surface area contributed by atoms with Crippen LogP contribution in [0.25, 0.3) is 0 Å². The Kier molecular flexibility index (Phi) is 10.5. The normalized spacial score (nSPS) is 10.5. The molecule has 0 heterocycles. The Labute approximate surface area is 193 Å². The van der Waals surface area contributed by atoms with E-state index in [9.17, 15) is 9.59 Å². The van der Waals surface area contributed by atoms with Crippen molar-refractivity contribution in [2.75, 3.05) is 23.8 Å². The lowest BCUT2D eigenvalue weighted by atomic mass is 10.0. The van der Waals surface area contributed by atoms with Gasteiger partial charge in [-0.2, -0.15) is 0 Å². The second-order valence-electron chi connectivity index (χ2n) is 7.03. The standard InChI is InChI=1S/C23H28Cl2N2O4/c1-3-5-11-30-22(28)26-20-14-16(7-9-18(20)24)13-17-8-10-19(25)21(15-17)27-23(29)31-12-6-4-2/h7-10,14-15H,3-6,11-13H2,1-2H3,(H,26,28)(H,27,29). The summed E-state index contributed by atoms with van der Waals surface area (Å²) in [6, 6.07) is 10.8. The van der Waals surface area contributed by atoms with Gasteiger partial charge in [-0.25, -0.2) is 9.59 Å². The maximum Gasteiger partial charge on any atom is 0.411 e. The number of amides is 2. The molecule has 0 aliphatic heterocycles. The van der Waals surface area contributed by atoms with Gasteiger partial charge in [0.1, 0.15) is 0 Å². The molecule has 2 N–H and O–H groups in total. The van der Waals surface area contributed by atoms with Crippen LogP contribution in [-0.4, -0.2) is 25.4 Å². The maximum absolute atomic E-state index is 11.9. The summed E-state index contributed by atoms with van der Waals surface area (Å²) in [7, 11) is 0. The van der Waals surface area contributed by atoms with E-state index in [0.29, 0.717) is 41.1 Å². The van der Waals surface area contributed by atoms with Gasteiger partial charge in [-0.3, -0.25) is 10.6 Å². The Morgan fingerprint density at radius 3 is 1.58 bits per heavy atom. The molecule has 2 rings (SSSR count). The molecular weight excluding hydrogens is 439 g/mol. The molecule has 0 aromatic heterocycles. The molecule has 0 spiro atoms. The molecule has 0 atom stereocenters. The molecule has 31 heavy (non-hydrogen) atoms. The Hall–Kier alpha value is -2.44.